The van der Waals surface area contributed by atoms with Crippen LogP contribution in [0.25, 0.3) is 0 Å². The van der Waals surface area contributed by atoms with Crippen molar-refractivity contribution in [1.82, 2.24) is 14.7 Å². The van der Waals surface area contributed by atoms with Crippen LogP contribution < -0.4 is 14.2 Å². The highest BCUT2D eigenvalue weighted by Crippen LogP contribution is 2.47. The number of nitrogens with zero attached hydrogens (tertiary/aromatic N) is 4. The summed E-state index contributed by atoms with van der Waals surface area (Å²) in [4.78, 5) is 44.9. The Bertz CT molecular complexity index is 1120. The van der Waals surface area contributed by atoms with Crippen LogP contribution >= 0.6 is 0 Å². The monoisotopic (exact) mass is 589 g/mol. The molecule has 1 N–H and O–H groups in total. The van der Waals surface area contributed by atoms with Crippen LogP contribution in [-0.4, -0.2) is 129 Å². The molecule has 0 bridgehead atoms. The average Bonchev–Trinajstić information content (AvgIpc) is 3.66. The highest BCUT2D eigenvalue weighted by Gasteiger charge is 2.48. The summed E-state index contributed by atoms with van der Waals surface area (Å²) < 4.78 is 17.6. The van der Waals surface area contributed by atoms with Gasteiger partial charge in [0, 0.05) is 57.5 Å². The lowest BCUT2D eigenvalue weighted by atomic mass is 9.84. The minimum absolute atomic E-state index is 0.0279. The zero-order valence-corrected chi connectivity index (χ0v) is 26.0. The van der Waals surface area contributed by atoms with Gasteiger partial charge in [-0.25, -0.2) is 0 Å². The van der Waals surface area contributed by atoms with Crippen molar-refractivity contribution in [2.75, 3.05) is 80.9 Å². The number of quaternary nitrogens is 1. The van der Waals surface area contributed by atoms with Crippen molar-refractivity contribution in [3.8, 4) is 17.2 Å². The molecule has 1 aromatic carbocycles. The fourth-order valence-corrected chi connectivity index (χ4v) is 6.50. The lowest BCUT2D eigenvalue weighted by Crippen LogP contribution is -2.46. The minimum atomic E-state index is -0.907. The highest BCUT2D eigenvalue weighted by atomic mass is 16.7. The van der Waals surface area contributed by atoms with E-state index in [1.165, 1.54) is 0 Å². The lowest BCUT2D eigenvalue weighted by molar-refractivity contribution is -0.870. The number of carbonyl (C=O) groups excluding carboxylic acids is 2. The molecule has 3 aliphatic rings. The molecule has 3 aliphatic heterocycles. The Labute approximate surface area is 249 Å². The number of aliphatic carboxylic acids is 1. The van der Waals surface area contributed by atoms with Gasteiger partial charge in [-0.1, -0.05) is 13.3 Å². The van der Waals surface area contributed by atoms with Crippen molar-refractivity contribution >= 4 is 17.8 Å². The van der Waals surface area contributed by atoms with Crippen LogP contribution in [-0.2, 0) is 14.4 Å². The van der Waals surface area contributed by atoms with Crippen LogP contribution in [0.15, 0.2) is 12.1 Å². The molecule has 11 nitrogen and oxygen atoms in total. The predicted octanol–water partition coefficient (Wildman–Crippen LogP) is 2.63. The minimum Gasteiger partial charge on any atom is -0.493 e. The zero-order valence-electron chi connectivity index (χ0n) is 26.0. The van der Waals surface area contributed by atoms with E-state index in [-0.39, 0.29) is 31.1 Å². The molecule has 2 amide bonds. The number of hydrogen-bond donors (Lipinski definition) is 1. The van der Waals surface area contributed by atoms with E-state index >= 15 is 0 Å². The molecule has 3 atom stereocenters. The first kappa shape index (κ1) is 31.9. The molecule has 0 saturated carbocycles. The van der Waals surface area contributed by atoms with Crippen molar-refractivity contribution in [3.05, 3.63) is 17.7 Å². The van der Waals surface area contributed by atoms with E-state index in [0.717, 1.165) is 42.3 Å². The Hall–Kier alpha value is -3.05. The summed E-state index contributed by atoms with van der Waals surface area (Å²) in [6, 6.07) is 3.27. The van der Waals surface area contributed by atoms with Gasteiger partial charge in [0.05, 0.1) is 47.3 Å². The fourth-order valence-electron chi connectivity index (χ4n) is 6.50. The van der Waals surface area contributed by atoms with E-state index < -0.39 is 17.9 Å². The maximum atomic E-state index is 13.8. The maximum absolute atomic E-state index is 13.8. The number of unbranched alkanes of at least 4 members (excludes halogenated alkanes) is 1. The average molecular weight is 590 g/mol. The molecular formula is C31H49N4O7+. The standard InChI is InChI=1S/C31H48N4O7/c1-6-7-12-32(14-9-16-35(2,3)4)28(37)20-34-19-23(22-17-25(40-5)30-26(18-22)41-21-42-30)29(31(38)39)24(34)11-15-33-13-8-10-27(33)36/h17-18,23-24,29H,6-16,19-21H2,1-5H3/p+1/t23-,24+,29-/m1/s1. The first-order valence-electron chi connectivity index (χ1n) is 15.3. The third kappa shape index (κ3) is 7.66. The second kappa shape index (κ2) is 13.9. The Balaban J connectivity index is 1.59. The van der Waals surface area contributed by atoms with E-state index in [4.69, 9.17) is 14.2 Å². The number of likely N-dealkylation sites (tertiary alicyclic amines) is 2. The summed E-state index contributed by atoms with van der Waals surface area (Å²) in [6.07, 6.45) is 4.67. The van der Waals surface area contributed by atoms with Gasteiger partial charge in [-0.15, -0.1) is 0 Å². The number of fused-ring (bicyclic) bond motifs is 1. The molecule has 2 fully saturated rings. The molecule has 4 rings (SSSR count). The molecule has 0 unspecified atom stereocenters. The molecule has 42 heavy (non-hydrogen) atoms. The number of rotatable bonds is 15. The quantitative estimate of drug-likeness (QED) is 0.311. The van der Waals surface area contributed by atoms with Gasteiger partial charge in [-0.05, 0) is 37.0 Å². The lowest BCUT2D eigenvalue weighted by Gasteiger charge is -2.31. The largest absolute Gasteiger partial charge is 0.493 e. The summed E-state index contributed by atoms with van der Waals surface area (Å²) in [6.45, 7) is 6.27. The third-order valence-electron chi connectivity index (χ3n) is 8.74. The van der Waals surface area contributed by atoms with Gasteiger partial charge >= 0.3 is 5.97 Å². The normalized spacial score (nSPS) is 22.2. The molecule has 1 aromatic rings. The van der Waals surface area contributed by atoms with Gasteiger partial charge in [0.15, 0.2) is 11.5 Å². The number of methoxy groups -OCH3 is 1. The van der Waals surface area contributed by atoms with E-state index in [1.807, 2.05) is 26.8 Å². The predicted molar refractivity (Wildman–Crippen MR) is 158 cm³/mol. The van der Waals surface area contributed by atoms with Gasteiger partial charge in [0.25, 0.3) is 0 Å². The number of benzene rings is 1. The zero-order chi connectivity index (χ0) is 30.4. The molecule has 0 aliphatic carbocycles. The number of hydrogen-bond acceptors (Lipinski definition) is 7. The van der Waals surface area contributed by atoms with Crippen LogP contribution in [0.1, 0.15) is 56.9 Å². The number of amides is 2. The smallest absolute Gasteiger partial charge is 0.308 e. The fraction of sp³-hybridized carbons (Fsp3) is 0.710. The molecule has 2 saturated heterocycles. The molecule has 11 heteroatoms. The summed E-state index contributed by atoms with van der Waals surface area (Å²) >= 11 is 0. The van der Waals surface area contributed by atoms with E-state index in [1.54, 1.807) is 7.11 Å². The molecule has 3 heterocycles. The SMILES string of the molecule is CCCCN(CCC[N+](C)(C)C)C(=O)CN1C[C@H](c2cc(OC)c3c(c2)OCO3)[C@@H](C(=O)O)[C@@H]1CCN1CCCC1=O. The van der Waals surface area contributed by atoms with Crippen molar-refractivity contribution in [2.24, 2.45) is 5.92 Å². The summed E-state index contributed by atoms with van der Waals surface area (Å²) in [5, 5.41) is 10.6. The Morgan fingerprint density at radius 3 is 2.57 bits per heavy atom. The number of ether oxygens (including phenoxy) is 3. The van der Waals surface area contributed by atoms with Gasteiger partial charge in [0.2, 0.25) is 24.4 Å². The molecular weight excluding hydrogens is 540 g/mol. The van der Waals surface area contributed by atoms with Crippen molar-refractivity contribution in [2.45, 2.75) is 57.4 Å². The second-order valence-electron chi connectivity index (χ2n) is 12.8. The van der Waals surface area contributed by atoms with Crippen molar-refractivity contribution in [1.29, 1.82) is 0 Å². The Kier molecular flexibility index (Phi) is 10.6. The highest BCUT2D eigenvalue weighted by molar-refractivity contribution is 5.79. The summed E-state index contributed by atoms with van der Waals surface area (Å²) in [7, 11) is 8.00. The number of carboxylic acids is 1. The van der Waals surface area contributed by atoms with Crippen LogP contribution in [0.2, 0.25) is 0 Å². The maximum Gasteiger partial charge on any atom is 0.308 e. The van der Waals surface area contributed by atoms with Gasteiger partial charge < -0.3 is 33.6 Å². The first-order valence-corrected chi connectivity index (χ1v) is 15.3. The second-order valence-corrected chi connectivity index (χ2v) is 12.8. The molecule has 0 aromatic heterocycles. The molecule has 0 radical (unpaired) electrons. The summed E-state index contributed by atoms with van der Waals surface area (Å²) in [5.41, 5.74) is 0.784. The Morgan fingerprint density at radius 1 is 1.17 bits per heavy atom. The van der Waals surface area contributed by atoms with Crippen LogP contribution in [0, 0.1) is 5.92 Å². The van der Waals surface area contributed by atoms with E-state index in [9.17, 15) is 19.5 Å². The first-order chi connectivity index (χ1) is 20.0. The molecule has 0 spiro atoms. The van der Waals surface area contributed by atoms with Gasteiger partial charge in [0.1, 0.15) is 0 Å². The Morgan fingerprint density at radius 2 is 1.93 bits per heavy atom. The van der Waals surface area contributed by atoms with Crippen molar-refractivity contribution < 1.29 is 38.2 Å². The van der Waals surface area contributed by atoms with Crippen LogP contribution in [0.4, 0.5) is 0 Å². The topological polar surface area (TPSA) is 109 Å². The van der Waals surface area contributed by atoms with E-state index in [0.29, 0.717) is 62.8 Å². The van der Waals surface area contributed by atoms with Gasteiger partial charge in [-0.3, -0.25) is 19.3 Å². The summed E-state index contributed by atoms with van der Waals surface area (Å²) in [5.74, 6) is -0.366. The number of carbonyl (C=O) groups is 3. The van der Waals surface area contributed by atoms with Crippen LogP contribution in [0.5, 0.6) is 17.2 Å². The van der Waals surface area contributed by atoms with Crippen LogP contribution in [0.3, 0.4) is 0 Å². The molecule has 234 valence electrons. The van der Waals surface area contributed by atoms with Crippen molar-refractivity contribution in [3.63, 3.8) is 0 Å². The van der Waals surface area contributed by atoms with Gasteiger partial charge in [-0.2, -0.15) is 0 Å². The third-order valence-corrected chi connectivity index (χ3v) is 8.74. The number of carboxylic acid groups (broad SMARTS) is 1. The van der Waals surface area contributed by atoms with E-state index in [2.05, 4.69) is 28.1 Å².